The molecule has 6 rings (SSSR count). The summed E-state index contributed by atoms with van der Waals surface area (Å²) in [5, 5.41) is 18.0. The molecule has 1 fully saturated rings. The summed E-state index contributed by atoms with van der Waals surface area (Å²) in [6, 6.07) is 39.8. The molecule has 1 aliphatic heterocycles. The number of ether oxygens (including phenoxy) is 3. The Morgan fingerprint density at radius 2 is 1.51 bits per heavy atom. The van der Waals surface area contributed by atoms with Crippen LogP contribution < -0.4 is 16.0 Å². The van der Waals surface area contributed by atoms with Gasteiger partial charge in [0.05, 0.1) is 25.9 Å². The number of amides is 3. The highest BCUT2D eigenvalue weighted by atomic mass is 32.2. The topological polar surface area (TPSA) is 135 Å². The van der Waals surface area contributed by atoms with Crippen molar-refractivity contribution in [3.8, 4) is 11.1 Å². The molecular formula is C44H45N3O7S. The summed E-state index contributed by atoms with van der Waals surface area (Å²) in [5.41, 5.74) is 7.28. The number of carbonyl (C=O) groups excluding carboxylic acids is 3. The summed E-state index contributed by atoms with van der Waals surface area (Å²) in [5.74, 6) is 0.0855. The van der Waals surface area contributed by atoms with E-state index in [0.717, 1.165) is 49.5 Å². The molecule has 5 aromatic rings. The van der Waals surface area contributed by atoms with Gasteiger partial charge in [0.2, 0.25) is 5.91 Å². The number of hydrogen-bond donors (Lipinski definition) is 4. The summed E-state index contributed by atoms with van der Waals surface area (Å²) in [6.07, 6.45) is 0.0739. The maximum atomic E-state index is 12.8. The third kappa shape index (κ3) is 11.3. The largest absolute Gasteiger partial charge is 0.467 e. The fourth-order valence-electron chi connectivity index (χ4n) is 6.32. The van der Waals surface area contributed by atoms with Crippen LogP contribution in [0.25, 0.3) is 11.1 Å². The van der Waals surface area contributed by atoms with Crippen molar-refractivity contribution >= 4 is 35.4 Å². The Hall–Kier alpha value is -5.46. The smallest absolute Gasteiger partial charge is 0.328 e. The summed E-state index contributed by atoms with van der Waals surface area (Å²) in [4.78, 5) is 37.7. The van der Waals surface area contributed by atoms with Gasteiger partial charge in [-0.15, -0.1) is 11.8 Å². The number of carbonyl (C=O) groups is 3. The van der Waals surface area contributed by atoms with E-state index in [0.29, 0.717) is 18.6 Å². The van der Waals surface area contributed by atoms with Crippen molar-refractivity contribution in [3.63, 3.8) is 0 Å². The van der Waals surface area contributed by atoms with Crippen LogP contribution in [0.3, 0.4) is 0 Å². The molecule has 4 atom stereocenters. The lowest BCUT2D eigenvalue weighted by Crippen LogP contribution is -2.47. The number of rotatable bonds is 14. The molecule has 0 saturated carbocycles. The minimum atomic E-state index is -0.819. The number of thioether (sulfide) groups is 1. The van der Waals surface area contributed by atoms with Gasteiger partial charge in [-0.25, -0.2) is 9.59 Å². The second-order valence-corrected chi connectivity index (χ2v) is 14.4. The molecule has 10 nitrogen and oxygen atoms in total. The van der Waals surface area contributed by atoms with Crippen molar-refractivity contribution in [1.82, 2.24) is 10.6 Å². The van der Waals surface area contributed by atoms with Crippen LogP contribution in [0.15, 0.2) is 132 Å². The molecule has 11 heteroatoms. The highest BCUT2D eigenvalue weighted by molar-refractivity contribution is 7.99. The van der Waals surface area contributed by atoms with Crippen molar-refractivity contribution in [2.75, 3.05) is 18.2 Å². The molecule has 5 aromatic carbocycles. The number of aliphatic hydroxyl groups excluding tert-OH is 1. The fraction of sp³-hybridized carbons (Fsp3) is 0.250. The van der Waals surface area contributed by atoms with Crippen molar-refractivity contribution in [3.05, 3.63) is 155 Å². The van der Waals surface area contributed by atoms with Crippen LogP contribution in [0.4, 0.5) is 10.5 Å². The fourth-order valence-corrected chi connectivity index (χ4v) is 7.24. The zero-order valence-electron chi connectivity index (χ0n) is 30.8. The third-order valence-corrected chi connectivity index (χ3v) is 10.3. The Morgan fingerprint density at radius 1 is 0.800 bits per heavy atom. The van der Waals surface area contributed by atoms with Crippen LogP contribution in [0.1, 0.15) is 53.6 Å². The molecule has 1 heterocycles. The SMILES string of the molecule is COC(=O)[C@H](Cc1ccccc1)NC(=O)NCc1cccc(-c2ccc([C@@H]3O[C@H](CSc4ccc(NC(C)=O)cc4)C[C@H](c4ccc(CO)cc4)O3)cc2)c1. The molecule has 55 heavy (non-hydrogen) atoms. The Morgan fingerprint density at radius 3 is 2.20 bits per heavy atom. The van der Waals surface area contributed by atoms with Gasteiger partial charge in [-0.05, 0) is 63.7 Å². The number of nitrogens with one attached hydrogen (secondary N) is 3. The summed E-state index contributed by atoms with van der Waals surface area (Å²) in [6.45, 7) is 1.73. The predicted octanol–water partition coefficient (Wildman–Crippen LogP) is 7.73. The number of urea groups is 1. The number of benzene rings is 5. The molecule has 0 unspecified atom stereocenters. The summed E-state index contributed by atoms with van der Waals surface area (Å²) < 4.78 is 18.0. The van der Waals surface area contributed by atoms with E-state index in [9.17, 15) is 19.5 Å². The number of hydrogen-bond acceptors (Lipinski definition) is 8. The van der Waals surface area contributed by atoms with Crippen LogP contribution in [0.2, 0.25) is 0 Å². The first-order valence-electron chi connectivity index (χ1n) is 18.1. The third-order valence-electron chi connectivity index (χ3n) is 9.20. The number of aliphatic hydroxyl groups is 1. The van der Waals surface area contributed by atoms with Gasteiger partial charge in [0.1, 0.15) is 6.04 Å². The maximum absolute atomic E-state index is 12.8. The van der Waals surface area contributed by atoms with Gasteiger partial charge in [-0.2, -0.15) is 0 Å². The first-order chi connectivity index (χ1) is 26.8. The molecule has 3 amide bonds. The van der Waals surface area contributed by atoms with E-state index < -0.39 is 24.3 Å². The van der Waals surface area contributed by atoms with Crippen LogP contribution in [-0.4, -0.2) is 48.0 Å². The van der Waals surface area contributed by atoms with E-state index in [1.165, 1.54) is 14.0 Å². The van der Waals surface area contributed by atoms with Gasteiger partial charge >= 0.3 is 12.0 Å². The standard InChI is InChI=1S/C44H45N3O7S/c1-29(49)46-37-19-21-39(22-20-37)55-28-38-25-41(34-13-11-31(27-48)12-14-34)54-43(53-38)35-17-15-33(16-18-35)36-10-6-9-32(23-36)26-45-44(51)47-40(42(50)52-2)24-30-7-4-3-5-8-30/h3-23,38,40-41,43,48H,24-28H2,1-2H3,(H,46,49)(H2,45,47,51)/t38-,40-,41+,43+/m0/s1. The van der Waals surface area contributed by atoms with Crippen LogP contribution in [-0.2, 0) is 43.4 Å². The van der Waals surface area contributed by atoms with Gasteiger partial charge in [0.15, 0.2) is 6.29 Å². The maximum Gasteiger partial charge on any atom is 0.328 e. The average molecular weight is 760 g/mol. The van der Waals surface area contributed by atoms with E-state index in [2.05, 4.69) is 16.0 Å². The van der Waals surface area contributed by atoms with E-state index in [1.54, 1.807) is 11.8 Å². The minimum Gasteiger partial charge on any atom is -0.467 e. The first-order valence-corrected chi connectivity index (χ1v) is 19.1. The molecule has 1 aliphatic rings. The second kappa shape index (κ2) is 19.2. The molecule has 0 radical (unpaired) electrons. The number of esters is 1. The summed E-state index contributed by atoms with van der Waals surface area (Å²) >= 11 is 1.69. The molecule has 0 aromatic heterocycles. The average Bonchev–Trinajstić information content (AvgIpc) is 3.22. The van der Waals surface area contributed by atoms with Gasteiger partial charge in [0, 0.05) is 48.2 Å². The second-order valence-electron chi connectivity index (χ2n) is 13.3. The van der Waals surface area contributed by atoms with Gasteiger partial charge in [0.25, 0.3) is 0 Å². The highest BCUT2D eigenvalue weighted by Gasteiger charge is 2.32. The zero-order chi connectivity index (χ0) is 38.6. The molecule has 1 saturated heterocycles. The Balaban J connectivity index is 1.10. The van der Waals surface area contributed by atoms with Crippen LogP contribution in [0, 0.1) is 0 Å². The highest BCUT2D eigenvalue weighted by Crippen LogP contribution is 2.40. The molecule has 0 spiro atoms. The number of methoxy groups -OCH3 is 1. The van der Waals surface area contributed by atoms with Crippen molar-refractivity contribution in [2.45, 2.75) is 62.4 Å². The van der Waals surface area contributed by atoms with E-state index in [1.807, 2.05) is 127 Å². The normalized spacial score (nSPS) is 17.1. The molecule has 284 valence electrons. The Bertz CT molecular complexity index is 2030. The Kier molecular flexibility index (Phi) is 13.7. The molecular weight excluding hydrogens is 715 g/mol. The molecule has 0 bridgehead atoms. The molecule has 4 N–H and O–H groups in total. The summed E-state index contributed by atoms with van der Waals surface area (Å²) in [7, 11) is 1.31. The zero-order valence-corrected chi connectivity index (χ0v) is 31.6. The van der Waals surface area contributed by atoms with E-state index in [4.69, 9.17) is 14.2 Å². The van der Waals surface area contributed by atoms with Crippen molar-refractivity contribution in [1.29, 1.82) is 0 Å². The first kappa shape index (κ1) is 39.2. The van der Waals surface area contributed by atoms with Crippen LogP contribution in [0.5, 0.6) is 0 Å². The lowest BCUT2D eigenvalue weighted by molar-refractivity contribution is -0.245. The lowest BCUT2D eigenvalue weighted by atomic mass is 9.99. The van der Waals surface area contributed by atoms with Gasteiger partial charge < -0.3 is 35.3 Å². The van der Waals surface area contributed by atoms with Gasteiger partial charge in [-0.1, -0.05) is 97.1 Å². The number of anilines is 1. The predicted molar refractivity (Wildman–Crippen MR) is 213 cm³/mol. The minimum absolute atomic E-state index is 0.0225. The van der Waals surface area contributed by atoms with E-state index in [-0.39, 0.29) is 31.3 Å². The monoisotopic (exact) mass is 759 g/mol. The van der Waals surface area contributed by atoms with Crippen LogP contribution >= 0.6 is 11.8 Å². The quantitative estimate of drug-likeness (QED) is 0.0668. The van der Waals surface area contributed by atoms with E-state index >= 15 is 0 Å². The molecule has 0 aliphatic carbocycles. The van der Waals surface area contributed by atoms with Crippen molar-refractivity contribution < 1.29 is 33.7 Å². The van der Waals surface area contributed by atoms with Gasteiger partial charge in [-0.3, -0.25) is 4.79 Å². The Labute approximate surface area is 325 Å². The lowest BCUT2D eigenvalue weighted by Gasteiger charge is -2.36. The van der Waals surface area contributed by atoms with Crippen molar-refractivity contribution in [2.24, 2.45) is 0 Å².